The van der Waals surface area contributed by atoms with Crippen LogP contribution in [0.1, 0.15) is 87.2 Å². The number of nitrogens with zero attached hydrogens (tertiary/aromatic N) is 2. The largest absolute Gasteiger partial charge is 0.319 e. The highest BCUT2D eigenvalue weighted by Gasteiger charge is 2.59. The number of hydrogen-bond donors (Lipinski definition) is 2. The van der Waals surface area contributed by atoms with E-state index in [4.69, 9.17) is 0 Å². The van der Waals surface area contributed by atoms with Gasteiger partial charge in [-0.05, 0) is 86.7 Å². The molecule has 2 unspecified atom stereocenters. The highest BCUT2D eigenvalue weighted by Crippen LogP contribution is 2.59. The van der Waals surface area contributed by atoms with Crippen LogP contribution in [0.3, 0.4) is 0 Å². The number of piperidine rings is 2. The Hall–Kier alpha value is -3.22. The topological polar surface area (TPSA) is 64.7 Å². The van der Waals surface area contributed by atoms with Gasteiger partial charge in [-0.15, -0.1) is 0 Å². The molecule has 6 nitrogen and oxygen atoms in total. The van der Waals surface area contributed by atoms with Crippen LogP contribution in [-0.2, 0) is 9.59 Å². The molecule has 2 N–H and O–H groups in total. The Balaban J connectivity index is 1.23. The van der Waals surface area contributed by atoms with Crippen molar-refractivity contribution in [3.05, 3.63) is 95.3 Å². The van der Waals surface area contributed by atoms with Crippen LogP contribution in [0.25, 0.3) is 0 Å². The average molecular weight is 593 g/mol. The number of rotatable bonds is 6. The maximum Gasteiger partial charge on any atom is 0.230 e. The second-order valence-electron chi connectivity index (χ2n) is 13.6. The predicted octanol–water partition coefficient (Wildman–Crippen LogP) is 6.10. The molecule has 2 aromatic rings. The van der Waals surface area contributed by atoms with Crippen molar-refractivity contribution in [1.82, 2.24) is 20.4 Å². The minimum Gasteiger partial charge on any atom is -0.319 e. The van der Waals surface area contributed by atoms with Crippen LogP contribution < -0.4 is 10.6 Å². The van der Waals surface area contributed by atoms with E-state index in [1.807, 2.05) is 21.9 Å². The van der Waals surface area contributed by atoms with Crippen LogP contribution >= 0.6 is 0 Å². The summed E-state index contributed by atoms with van der Waals surface area (Å²) >= 11 is 0. The van der Waals surface area contributed by atoms with Gasteiger partial charge >= 0.3 is 0 Å². The molecule has 2 amide bonds. The fraction of sp³-hybridized carbons (Fsp3) is 0.526. The first-order valence-electron chi connectivity index (χ1n) is 17.3. The molecule has 4 heterocycles. The number of amides is 2. The Labute approximate surface area is 263 Å². The monoisotopic (exact) mass is 592 g/mol. The molecule has 0 bridgehead atoms. The van der Waals surface area contributed by atoms with Crippen molar-refractivity contribution in [2.45, 2.75) is 88.1 Å². The summed E-state index contributed by atoms with van der Waals surface area (Å²) in [6.07, 6.45) is 15.7. The first-order chi connectivity index (χ1) is 21.7. The lowest BCUT2D eigenvalue weighted by molar-refractivity contribution is -0.150. The van der Waals surface area contributed by atoms with E-state index in [1.165, 1.54) is 36.8 Å². The molecule has 2 atom stereocenters. The number of nitrogens with one attached hydrogen (secondary N) is 2. The van der Waals surface area contributed by atoms with Gasteiger partial charge in [0.05, 0.1) is 11.8 Å². The summed E-state index contributed by atoms with van der Waals surface area (Å²) in [5, 5.41) is 7.39. The Morgan fingerprint density at radius 3 is 1.39 bits per heavy atom. The van der Waals surface area contributed by atoms with Gasteiger partial charge in [0, 0.05) is 49.4 Å². The number of hydrogen-bond acceptors (Lipinski definition) is 4. The second kappa shape index (κ2) is 13.4. The summed E-state index contributed by atoms with van der Waals surface area (Å²) in [5.41, 5.74) is 4.93. The third kappa shape index (κ3) is 5.91. The predicted molar refractivity (Wildman–Crippen MR) is 175 cm³/mol. The molecule has 232 valence electrons. The number of benzene rings is 2. The molecule has 0 radical (unpaired) electrons. The van der Waals surface area contributed by atoms with Gasteiger partial charge < -0.3 is 20.4 Å². The fourth-order valence-electron chi connectivity index (χ4n) is 8.70. The zero-order chi connectivity index (χ0) is 29.9. The highest BCUT2D eigenvalue weighted by molar-refractivity contribution is 5.91. The molecule has 2 saturated heterocycles. The minimum absolute atomic E-state index is 0.153. The summed E-state index contributed by atoms with van der Waals surface area (Å²) in [6.45, 7) is 3.61. The van der Waals surface area contributed by atoms with E-state index in [9.17, 15) is 9.59 Å². The van der Waals surface area contributed by atoms with Crippen LogP contribution in [0.15, 0.2) is 84.2 Å². The highest BCUT2D eigenvalue weighted by atomic mass is 16.2. The van der Waals surface area contributed by atoms with Crippen LogP contribution in [-0.4, -0.2) is 59.9 Å². The summed E-state index contributed by atoms with van der Waals surface area (Å²) in [6, 6.07) is 21.5. The van der Waals surface area contributed by atoms with Crippen molar-refractivity contribution in [1.29, 1.82) is 0 Å². The zero-order valence-electron chi connectivity index (χ0n) is 26.0. The fourth-order valence-corrected chi connectivity index (χ4v) is 8.70. The van der Waals surface area contributed by atoms with Gasteiger partial charge in [0.1, 0.15) is 0 Å². The average Bonchev–Trinajstić information content (AvgIpc) is 3.09. The van der Waals surface area contributed by atoms with Crippen LogP contribution in [0, 0.1) is 11.8 Å². The lowest BCUT2D eigenvalue weighted by Crippen LogP contribution is -2.57. The summed E-state index contributed by atoms with van der Waals surface area (Å²) in [7, 11) is 0. The SMILES string of the molecule is O=C(C1C(c2ccccc2)C(C(=O)N2C=C(C3CCCCN3)CCC2)C1c1ccccc1)N1C=C(C2CCCCN2)CCC1. The quantitative estimate of drug-likeness (QED) is 0.426. The van der Waals surface area contributed by atoms with Gasteiger partial charge in [-0.2, -0.15) is 0 Å². The molecule has 5 aliphatic rings. The molecule has 1 aliphatic carbocycles. The van der Waals surface area contributed by atoms with Gasteiger partial charge in [0.15, 0.2) is 0 Å². The summed E-state index contributed by atoms with van der Waals surface area (Å²) < 4.78 is 0. The zero-order valence-corrected chi connectivity index (χ0v) is 26.0. The standard InChI is InChI=1S/C38H48N4O2/c43-37(41-23-11-17-29(25-41)31-19-7-9-21-39-31)35-33(27-13-3-1-4-14-27)36(34(35)28-15-5-2-6-16-28)38(44)42-24-12-18-30(26-42)32-20-8-10-22-40-32/h1-6,13-16,25-26,31-36,39-40H,7-12,17-24H2. The van der Waals surface area contributed by atoms with Crippen molar-refractivity contribution in [3.63, 3.8) is 0 Å². The van der Waals surface area contributed by atoms with Crippen molar-refractivity contribution in [2.24, 2.45) is 11.8 Å². The van der Waals surface area contributed by atoms with Crippen molar-refractivity contribution in [3.8, 4) is 0 Å². The van der Waals surface area contributed by atoms with E-state index in [0.29, 0.717) is 12.1 Å². The molecule has 4 aliphatic heterocycles. The molecule has 1 saturated carbocycles. The minimum atomic E-state index is -0.281. The van der Waals surface area contributed by atoms with Crippen LogP contribution in [0.5, 0.6) is 0 Å². The second-order valence-corrected chi connectivity index (χ2v) is 13.6. The van der Waals surface area contributed by atoms with Gasteiger partial charge in [-0.3, -0.25) is 9.59 Å². The van der Waals surface area contributed by atoms with Gasteiger partial charge in [0.2, 0.25) is 11.8 Å². The Morgan fingerprint density at radius 2 is 1.00 bits per heavy atom. The summed E-state index contributed by atoms with van der Waals surface area (Å²) in [5.74, 6) is -0.523. The van der Waals surface area contributed by atoms with Crippen molar-refractivity contribution in [2.75, 3.05) is 26.2 Å². The van der Waals surface area contributed by atoms with Gasteiger partial charge in [-0.1, -0.05) is 73.5 Å². The van der Waals surface area contributed by atoms with Gasteiger partial charge in [0.25, 0.3) is 0 Å². The van der Waals surface area contributed by atoms with Gasteiger partial charge in [-0.25, -0.2) is 0 Å². The smallest absolute Gasteiger partial charge is 0.230 e. The Morgan fingerprint density at radius 1 is 0.568 bits per heavy atom. The molecule has 0 spiro atoms. The van der Waals surface area contributed by atoms with Crippen LogP contribution in [0.2, 0.25) is 0 Å². The van der Waals surface area contributed by atoms with Crippen molar-refractivity contribution < 1.29 is 9.59 Å². The van der Waals surface area contributed by atoms with Crippen molar-refractivity contribution >= 4 is 11.8 Å². The molecule has 3 fully saturated rings. The molecule has 2 aromatic carbocycles. The van der Waals surface area contributed by atoms with E-state index in [2.05, 4.69) is 71.6 Å². The molecule has 7 rings (SSSR count). The normalized spacial score (nSPS) is 31.0. The van der Waals surface area contributed by atoms with E-state index >= 15 is 0 Å². The van der Waals surface area contributed by atoms with E-state index in [1.54, 1.807) is 0 Å². The number of carbonyl (C=O) groups is 2. The maximum atomic E-state index is 14.7. The summed E-state index contributed by atoms with van der Waals surface area (Å²) in [4.78, 5) is 33.4. The van der Waals surface area contributed by atoms with Crippen LogP contribution in [0.4, 0.5) is 0 Å². The molecule has 44 heavy (non-hydrogen) atoms. The first kappa shape index (κ1) is 29.5. The number of carbonyl (C=O) groups excluding carboxylic acids is 2. The molecular formula is C38H48N4O2. The Kier molecular flexibility index (Phi) is 8.99. The van der Waals surface area contributed by atoms with E-state index in [0.717, 1.165) is 75.8 Å². The van der Waals surface area contributed by atoms with E-state index < -0.39 is 0 Å². The lowest BCUT2D eigenvalue weighted by atomic mass is 9.51. The van der Waals surface area contributed by atoms with E-state index in [-0.39, 0.29) is 35.5 Å². The third-order valence-electron chi connectivity index (χ3n) is 10.9. The Bertz CT molecular complexity index is 1250. The third-order valence-corrected chi connectivity index (χ3v) is 10.9. The first-order valence-corrected chi connectivity index (χ1v) is 17.3. The lowest BCUT2D eigenvalue weighted by Gasteiger charge is -2.53. The molecule has 0 aromatic heterocycles. The molecule has 6 heteroatoms. The maximum absolute atomic E-state index is 14.7. The molecular weight excluding hydrogens is 544 g/mol.